The van der Waals surface area contributed by atoms with Crippen LogP contribution in [0, 0.1) is 50.2 Å². The molecule has 18 N–H and O–H groups in total. The van der Waals surface area contributed by atoms with Crippen molar-refractivity contribution >= 4 is 5.97 Å². The van der Waals surface area contributed by atoms with E-state index in [1.54, 1.807) is 0 Å². The van der Waals surface area contributed by atoms with Crippen molar-refractivity contribution in [1.29, 1.82) is 0 Å². The number of aliphatic hydroxyl groups is 17. The Kier molecular flexibility index (Phi) is 21.4. The molecular formula is C63H102O31. The number of rotatable bonds is 16. The second kappa shape index (κ2) is 27.4. The summed E-state index contributed by atoms with van der Waals surface area (Å²) in [6.07, 6.45) is -44.3. The molecule has 11 rings (SSSR count). The van der Waals surface area contributed by atoms with Gasteiger partial charge in [-0.3, -0.25) is 4.79 Å². The zero-order valence-corrected chi connectivity index (χ0v) is 54.0. The van der Waals surface area contributed by atoms with Gasteiger partial charge in [-0.1, -0.05) is 53.2 Å². The van der Waals surface area contributed by atoms with Gasteiger partial charge in [0.15, 0.2) is 44.0 Å². The van der Waals surface area contributed by atoms with Crippen LogP contribution in [0.1, 0.15) is 113 Å². The number of carbonyl (C=O) groups is 1. The first-order valence-corrected chi connectivity index (χ1v) is 33.2. The fourth-order valence-corrected chi connectivity index (χ4v) is 18.7. The molecule has 31 heteroatoms. The van der Waals surface area contributed by atoms with Crippen LogP contribution in [-0.2, 0) is 61.6 Å². The molecule has 4 saturated carbocycles. The molecule has 0 bridgehead atoms. The molecule has 0 radical (unpaired) electrons. The molecule has 0 spiro atoms. The van der Waals surface area contributed by atoms with Crippen LogP contribution < -0.4 is 0 Å². The van der Waals surface area contributed by atoms with Gasteiger partial charge in [0.2, 0.25) is 0 Å². The first-order chi connectivity index (χ1) is 44.1. The Balaban J connectivity index is 0.805. The van der Waals surface area contributed by atoms with Crippen LogP contribution in [0.15, 0.2) is 11.6 Å². The van der Waals surface area contributed by atoms with E-state index in [9.17, 15) is 96.7 Å². The lowest BCUT2D eigenvalue weighted by Gasteiger charge is -2.71. The number of aliphatic hydroxyl groups excluding tert-OH is 17. The van der Waals surface area contributed by atoms with Gasteiger partial charge in [0.05, 0.1) is 50.7 Å². The third-order valence-corrected chi connectivity index (χ3v) is 24.7. The Labute approximate surface area is 543 Å². The van der Waals surface area contributed by atoms with Crippen LogP contribution in [0.4, 0.5) is 0 Å². The lowest BCUT2D eigenvalue weighted by Crippen LogP contribution is -2.69. The summed E-state index contributed by atoms with van der Waals surface area (Å²) in [6.45, 7) is 11.6. The van der Waals surface area contributed by atoms with Gasteiger partial charge in [-0.2, -0.15) is 0 Å². The maximum absolute atomic E-state index is 13.3. The fourth-order valence-electron chi connectivity index (χ4n) is 18.7. The van der Waals surface area contributed by atoms with Crippen molar-refractivity contribution in [1.82, 2.24) is 0 Å². The molecule has 5 aliphatic carbocycles. The van der Waals surface area contributed by atoms with Crippen molar-refractivity contribution < 1.29 is 154 Å². The monoisotopic (exact) mass is 1350 g/mol. The van der Waals surface area contributed by atoms with Gasteiger partial charge in [0, 0.05) is 5.41 Å². The summed E-state index contributed by atoms with van der Waals surface area (Å²) in [5.41, 5.74) is -1.21. The summed E-state index contributed by atoms with van der Waals surface area (Å²) < 4.78 is 71.4. The second-order valence-corrected chi connectivity index (χ2v) is 30.5. The molecule has 6 aliphatic heterocycles. The van der Waals surface area contributed by atoms with Crippen LogP contribution in [0.25, 0.3) is 0 Å². The molecule has 540 valence electrons. The van der Waals surface area contributed by atoms with Crippen molar-refractivity contribution in [3.05, 3.63) is 11.6 Å². The highest BCUT2D eigenvalue weighted by molar-refractivity contribution is 5.76. The van der Waals surface area contributed by atoms with Gasteiger partial charge < -0.3 is 149 Å². The second-order valence-electron chi connectivity index (χ2n) is 30.5. The van der Waals surface area contributed by atoms with E-state index in [0.29, 0.717) is 25.7 Å². The van der Waals surface area contributed by atoms with E-state index >= 15 is 0 Å². The fraction of sp³-hybridized carbons (Fsp3) is 0.952. The van der Waals surface area contributed by atoms with E-state index in [-0.39, 0.29) is 46.0 Å². The Morgan fingerprint density at radius 1 is 0.500 bits per heavy atom. The quantitative estimate of drug-likeness (QED) is 0.0511. The maximum atomic E-state index is 13.3. The average molecular weight is 1360 g/mol. The first-order valence-electron chi connectivity index (χ1n) is 33.2. The van der Waals surface area contributed by atoms with E-state index in [1.165, 1.54) is 12.5 Å². The number of allylic oxidation sites excluding steroid dienone is 2. The highest BCUT2D eigenvalue weighted by Crippen LogP contribution is 2.76. The first kappa shape index (κ1) is 73.3. The molecule has 6 saturated heterocycles. The Hall–Kier alpha value is -1.95. The summed E-state index contributed by atoms with van der Waals surface area (Å²) in [5.74, 6) is -0.712. The largest absolute Gasteiger partial charge is 0.481 e. The van der Waals surface area contributed by atoms with Crippen LogP contribution in [0.5, 0.6) is 0 Å². The minimum absolute atomic E-state index is 0.00299. The molecule has 6 heterocycles. The zero-order chi connectivity index (χ0) is 68.4. The van der Waals surface area contributed by atoms with E-state index in [4.69, 9.17) is 56.8 Å². The summed E-state index contributed by atoms with van der Waals surface area (Å²) >= 11 is 0. The number of hydrogen-bond acceptors (Lipinski definition) is 30. The molecule has 94 heavy (non-hydrogen) atoms. The minimum Gasteiger partial charge on any atom is -0.481 e. The third-order valence-electron chi connectivity index (χ3n) is 24.7. The smallest absolute Gasteiger partial charge is 0.310 e. The van der Waals surface area contributed by atoms with Crippen LogP contribution in [0.2, 0.25) is 0 Å². The van der Waals surface area contributed by atoms with Crippen molar-refractivity contribution in [3.8, 4) is 0 Å². The van der Waals surface area contributed by atoms with E-state index in [2.05, 4.69) is 40.7 Å². The van der Waals surface area contributed by atoms with Gasteiger partial charge in [-0.05, 0) is 111 Å². The van der Waals surface area contributed by atoms with Crippen LogP contribution in [0.3, 0.4) is 0 Å². The summed E-state index contributed by atoms with van der Waals surface area (Å²) in [4.78, 5) is 13.3. The molecule has 0 amide bonds. The third kappa shape index (κ3) is 12.4. The predicted octanol–water partition coefficient (Wildman–Crippen LogP) is -4.59. The van der Waals surface area contributed by atoms with Gasteiger partial charge in [0.25, 0.3) is 0 Å². The number of carboxylic acids is 1. The Morgan fingerprint density at radius 3 is 1.70 bits per heavy atom. The molecule has 0 aromatic heterocycles. The molecule has 31 nitrogen and oxygen atoms in total. The van der Waals surface area contributed by atoms with Crippen molar-refractivity contribution in [3.63, 3.8) is 0 Å². The maximum Gasteiger partial charge on any atom is 0.310 e. The lowest BCUT2D eigenvalue weighted by molar-refractivity contribution is -0.411. The standard InChI is InChI=1S/C63H102O31/c1-24-34(69)47(91-55-44(79)48(92-53-41(76)37(72)39(74)50(80)94-53)46(30(20-65)87-55)90-52-42(77)38(73)45(29(19-64)86-52)89-51-40(75)35(70)27(67)21-83-51)43(78)54(85-24)93-49-36(71)28(68)22-84-56(49)88-33-11-12-59(4)31(60(33,5)23-66)10-13-62(7)32(59)9-8-25-26-18-58(2,3)14-16-63(26,57(81)82)17-15-61(25,62)6/h8,24,26-56,64-80H,9-23H2,1-7H3,(H,81,82)/t24-,26-,27+,28-,29+,30+,31+,32+,33-,34-,35-,36-,37+,38+,39+,40+,41+,42+,43+,44+,45+,46+,47+,48+,49+,50+,51-,52-,53+,54-,55-,56-,59-,60-,61+,62+,63-/m0/s1. The molecule has 0 aromatic rings. The van der Waals surface area contributed by atoms with E-state index in [0.717, 1.165) is 38.5 Å². The van der Waals surface area contributed by atoms with E-state index in [1.807, 2.05) is 6.92 Å². The minimum atomic E-state index is -2.29. The van der Waals surface area contributed by atoms with Gasteiger partial charge >= 0.3 is 5.97 Å². The number of ether oxygens (including phenoxy) is 12. The summed E-state index contributed by atoms with van der Waals surface area (Å²) in [6, 6.07) is 0. The summed E-state index contributed by atoms with van der Waals surface area (Å²) in [7, 11) is 0. The van der Waals surface area contributed by atoms with Gasteiger partial charge in [-0.15, -0.1) is 0 Å². The number of hydrogen-bond donors (Lipinski definition) is 18. The molecule has 11 aliphatic rings. The molecular weight excluding hydrogens is 1250 g/mol. The van der Waals surface area contributed by atoms with Gasteiger partial charge in [-0.25, -0.2) is 0 Å². The van der Waals surface area contributed by atoms with Crippen molar-refractivity contribution in [2.45, 2.75) is 291 Å². The molecule has 0 unspecified atom stereocenters. The average Bonchev–Trinajstić information content (AvgIpc) is 0.676. The van der Waals surface area contributed by atoms with Gasteiger partial charge in [0.1, 0.15) is 122 Å². The highest BCUT2D eigenvalue weighted by Gasteiger charge is 2.71. The number of fused-ring (bicyclic) bond motifs is 7. The zero-order valence-electron chi connectivity index (χ0n) is 54.0. The predicted molar refractivity (Wildman–Crippen MR) is 312 cm³/mol. The van der Waals surface area contributed by atoms with Crippen molar-refractivity contribution in [2.75, 3.05) is 33.0 Å². The molecule has 10 fully saturated rings. The lowest BCUT2D eigenvalue weighted by atomic mass is 9.33. The summed E-state index contributed by atoms with van der Waals surface area (Å²) in [5, 5.41) is 199. The molecule has 37 atom stereocenters. The van der Waals surface area contributed by atoms with Crippen molar-refractivity contribution in [2.24, 2.45) is 50.2 Å². The Bertz CT molecular complexity index is 2640. The van der Waals surface area contributed by atoms with Crippen LogP contribution >= 0.6 is 0 Å². The Morgan fingerprint density at radius 2 is 1.04 bits per heavy atom. The van der Waals surface area contributed by atoms with E-state index < -0.39 is 222 Å². The SMILES string of the molecule is C[C@@H]1O[C@@H](O[C@H]2[C@H](O[C@H]3CC[C@@]4(C)[C@@H](CC[C@]5(C)[C@@H]4CC=C4[C@@H]6CC(C)(C)CC[C@]6(C(=O)O)CC[C@]45C)[C@]3(C)CO)OC[C@H](O)[C@@H]2O)[C@H](O)[C@H](O[C@@H]2O[C@H](CO)[C@@H](O[C@@H]3O[C@H](CO)[C@@H](O[C@@H]4OC[C@@H](O)[C@H](O)[C@H]4O)[C@H](O)[C@H]3O)[C@H](O[C@@H]3O[C@@H](O)[C@H](O)[C@@H](O)[C@H]3O)[C@H]2O)[C@H]1O. The number of aliphatic carboxylic acids is 1. The topological polar surface area (TPSA) is 492 Å². The molecule has 0 aromatic carbocycles. The number of carboxylic acid groups (broad SMARTS) is 1. The van der Waals surface area contributed by atoms with Crippen LogP contribution in [-0.4, -0.2) is 309 Å². The normalized spacial score (nSPS) is 55.3. The highest BCUT2D eigenvalue weighted by atomic mass is 16.8.